The molecule has 0 aliphatic carbocycles. The Kier molecular flexibility index (Phi) is 4.28. The van der Waals surface area contributed by atoms with Gasteiger partial charge in [0.15, 0.2) is 9.84 Å². The molecule has 1 aromatic heterocycles. The second kappa shape index (κ2) is 5.61. The predicted molar refractivity (Wildman–Crippen MR) is 82.5 cm³/mol. The molecule has 2 atom stereocenters. The fourth-order valence-electron chi connectivity index (χ4n) is 2.24. The van der Waals surface area contributed by atoms with E-state index in [2.05, 4.69) is 22.8 Å². The molecule has 0 spiro atoms. The smallest absolute Gasteiger partial charge is 0.151 e. The maximum absolute atomic E-state index is 11.8. The number of hydrogen-bond acceptors (Lipinski definition) is 4. The molecule has 2 aromatic rings. The Morgan fingerprint density at radius 2 is 2.00 bits per heavy atom. The van der Waals surface area contributed by atoms with Crippen LogP contribution in [0.5, 0.6) is 0 Å². The lowest BCUT2D eigenvalue weighted by Crippen LogP contribution is -2.34. The normalized spacial score (nSPS) is 15.5. The minimum Gasteiger partial charge on any atom is -0.309 e. The van der Waals surface area contributed by atoms with Crippen molar-refractivity contribution in [2.45, 2.75) is 25.1 Å². The summed E-state index contributed by atoms with van der Waals surface area (Å²) in [4.78, 5) is 0. The lowest BCUT2D eigenvalue weighted by Gasteiger charge is -2.23. The summed E-state index contributed by atoms with van der Waals surface area (Å²) in [5.41, 5.74) is 1.08. The molecule has 3 nitrogen and oxygen atoms in total. The number of fused-ring (bicyclic) bond motifs is 1. The monoisotopic (exact) mass is 297 g/mol. The van der Waals surface area contributed by atoms with Gasteiger partial charge < -0.3 is 5.32 Å². The molecule has 5 heteroatoms. The zero-order chi connectivity index (χ0) is 14.0. The van der Waals surface area contributed by atoms with Crippen LogP contribution in [0.1, 0.15) is 25.5 Å². The van der Waals surface area contributed by atoms with Crippen molar-refractivity contribution < 1.29 is 8.42 Å². The summed E-state index contributed by atoms with van der Waals surface area (Å²) >= 11 is 1.66. The summed E-state index contributed by atoms with van der Waals surface area (Å²) in [5, 5.41) is 6.09. The first kappa shape index (κ1) is 14.5. The lowest BCUT2D eigenvalue weighted by atomic mass is 10.0. The largest absolute Gasteiger partial charge is 0.309 e. The maximum Gasteiger partial charge on any atom is 0.151 e. The van der Waals surface area contributed by atoms with Gasteiger partial charge in [-0.25, -0.2) is 8.42 Å². The molecule has 0 saturated carbocycles. The standard InChI is InChI=1S/C14H19NO2S2/c1-4-15-14(10(2)19(3,16)17)12-9-18-13-8-6-5-7-11(12)13/h5-10,14-15H,4H2,1-3H3. The molecule has 2 unspecified atom stereocenters. The van der Waals surface area contributed by atoms with E-state index in [1.807, 2.05) is 19.1 Å². The van der Waals surface area contributed by atoms with Gasteiger partial charge in [-0.05, 0) is 35.9 Å². The minimum atomic E-state index is -3.08. The number of hydrogen-bond donors (Lipinski definition) is 1. The third kappa shape index (κ3) is 2.99. The van der Waals surface area contributed by atoms with E-state index in [-0.39, 0.29) is 6.04 Å². The van der Waals surface area contributed by atoms with Crippen LogP contribution in [0.25, 0.3) is 10.1 Å². The van der Waals surface area contributed by atoms with E-state index >= 15 is 0 Å². The van der Waals surface area contributed by atoms with Gasteiger partial charge in [-0.3, -0.25) is 0 Å². The van der Waals surface area contributed by atoms with Gasteiger partial charge in [0.1, 0.15) is 0 Å². The van der Waals surface area contributed by atoms with Crippen LogP contribution in [0.4, 0.5) is 0 Å². The molecule has 2 rings (SSSR count). The number of sulfone groups is 1. The quantitative estimate of drug-likeness (QED) is 0.923. The molecule has 0 aliphatic rings. The van der Waals surface area contributed by atoms with Crippen molar-refractivity contribution in [2.75, 3.05) is 12.8 Å². The third-order valence-electron chi connectivity index (χ3n) is 3.41. The van der Waals surface area contributed by atoms with Gasteiger partial charge in [0, 0.05) is 11.0 Å². The van der Waals surface area contributed by atoms with E-state index in [0.717, 1.165) is 17.5 Å². The summed E-state index contributed by atoms with van der Waals surface area (Å²) in [6.45, 7) is 4.51. The number of thiophene rings is 1. The van der Waals surface area contributed by atoms with Crippen LogP contribution in [-0.4, -0.2) is 26.5 Å². The van der Waals surface area contributed by atoms with Gasteiger partial charge in [-0.1, -0.05) is 25.1 Å². The summed E-state index contributed by atoms with van der Waals surface area (Å²) in [6.07, 6.45) is 1.30. The van der Waals surface area contributed by atoms with E-state index in [1.54, 1.807) is 18.3 Å². The molecule has 0 amide bonds. The highest BCUT2D eigenvalue weighted by Gasteiger charge is 2.28. The molecule has 0 bridgehead atoms. The maximum atomic E-state index is 11.8. The van der Waals surface area contributed by atoms with Crippen LogP contribution in [0.3, 0.4) is 0 Å². The highest BCUT2D eigenvalue weighted by Crippen LogP contribution is 2.33. The van der Waals surface area contributed by atoms with Crippen LogP contribution in [0, 0.1) is 0 Å². The van der Waals surface area contributed by atoms with Crippen molar-refractivity contribution in [2.24, 2.45) is 0 Å². The fraction of sp³-hybridized carbons (Fsp3) is 0.429. The van der Waals surface area contributed by atoms with Crippen molar-refractivity contribution in [3.8, 4) is 0 Å². The Labute approximate surface area is 118 Å². The van der Waals surface area contributed by atoms with Crippen LogP contribution in [-0.2, 0) is 9.84 Å². The first-order valence-corrected chi connectivity index (χ1v) is 9.17. The summed E-state index contributed by atoms with van der Waals surface area (Å²) in [5.74, 6) is 0. The Morgan fingerprint density at radius 1 is 1.32 bits per heavy atom. The van der Waals surface area contributed by atoms with Gasteiger partial charge in [0.2, 0.25) is 0 Å². The van der Waals surface area contributed by atoms with Crippen LogP contribution < -0.4 is 5.32 Å². The van der Waals surface area contributed by atoms with Crippen molar-refractivity contribution >= 4 is 31.3 Å². The molecule has 104 valence electrons. The molecular weight excluding hydrogens is 278 g/mol. The highest BCUT2D eigenvalue weighted by atomic mass is 32.2. The average Bonchev–Trinajstić information content (AvgIpc) is 2.78. The van der Waals surface area contributed by atoms with Crippen molar-refractivity contribution in [3.05, 3.63) is 35.2 Å². The van der Waals surface area contributed by atoms with E-state index in [0.29, 0.717) is 0 Å². The fourth-order valence-corrected chi connectivity index (χ4v) is 3.97. The van der Waals surface area contributed by atoms with E-state index in [9.17, 15) is 8.42 Å². The van der Waals surface area contributed by atoms with E-state index < -0.39 is 15.1 Å². The van der Waals surface area contributed by atoms with Gasteiger partial charge in [0.05, 0.1) is 11.3 Å². The van der Waals surface area contributed by atoms with Crippen molar-refractivity contribution in [1.29, 1.82) is 0 Å². The van der Waals surface area contributed by atoms with Gasteiger partial charge in [-0.15, -0.1) is 11.3 Å². The molecule has 1 heterocycles. The van der Waals surface area contributed by atoms with Crippen LogP contribution >= 0.6 is 11.3 Å². The van der Waals surface area contributed by atoms with Crippen molar-refractivity contribution in [3.63, 3.8) is 0 Å². The Hall–Kier alpha value is -0.910. The Bertz CT molecular complexity index is 661. The van der Waals surface area contributed by atoms with E-state index in [4.69, 9.17) is 0 Å². The van der Waals surface area contributed by atoms with Gasteiger partial charge in [0.25, 0.3) is 0 Å². The Balaban J connectivity index is 2.50. The average molecular weight is 297 g/mol. The zero-order valence-electron chi connectivity index (χ0n) is 11.4. The molecule has 1 N–H and O–H groups in total. The number of rotatable bonds is 5. The van der Waals surface area contributed by atoms with Crippen LogP contribution in [0.2, 0.25) is 0 Å². The molecule has 0 radical (unpaired) electrons. The van der Waals surface area contributed by atoms with Crippen LogP contribution in [0.15, 0.2) is 29.6 Å². The summed E-state index contributed by atoms with van der Waals surface area (Å²) in [6, 6.07) is 7.96. The highest BCUT2D eigenvalue weighted by molar-refractivity contribution is 7.91. The third-order valence-corrected chi connectivity index (χ3v) is 6.02. The predicted octanol–water partition coefficient (Wildman–Crippen LogP) is 2.99. The molecule has 1 aromatic carbocycles. The molecular formula is C14H19NO2S2. The summed E-state index contributed by atoms with van der Waals surface area (Å²) in [7, 11) is -3.08. The number of nitrogens with one attached hydrogen (secondary N) is 1. The topological polar surface area (TPSA) is 46.2 Å². The van der Waals surface area contributed by atoms with Gasteiger partial charge >= 0.3 is 0 Å². The SMILES string of the molecule is CCNC(c1csc2ccccc12)C(C)S(C)(=O)=O. The molecule has 0 saturated heterocycles. The minimum absolute atomic E-state index is 0.156. The zero-order valence-corrected chi connectivity index (χ0v) is 13.0. The molecule has 19 heavy (non-hydrogen) atoms. The van der Waals surface area contributed by atoms with Crippen molar-refractivity contribution in [1.82, 2.24) is 5.32 Å². The molecule has 0 fully saturated rings. The van der Waals surface area contributed by atoms with Gasteiger partial charge in [-0.2, -0.15) is 0 Å². The second-order valence-electron chi connectivity index (χ2n) is 4.76. The first-order chi connectivity index (χ1) is 8.95. The van der Waals surface area contributed by atoms with E-state index in [1.165, 1.54) is 11.0 Å². The lowest BCUT2D eigenvalue weighted by molar-refractivity contribution is 0.516. The summed E-state index contributed by atoms with van der Waals surface area (Å²) < 4.78 is 24.9. The molecule has 0 aliphatic heterocycles. The number of benzene rings is 1. The second-order valence-corrected chi connectivity index (χ2v) is 8.07. The Morgan fingerprint density at radius 3 is 2.63 bits per heavy atom. The first-order valence-electron chi connectivity index (χ1n) is 6.33.